The van der Waals surface area contributed by atoms with Crippen LogP contribution < -0.4 is 5.32 Å². The van der Waals surface area contributed by atoms with Gasteiger partial charge in [0.05, 0.1) is 12.1 Å². The van der Waals surface area contributed by atoms with Gasteiger partial charge in [-0.3, -0.25) is 4.79 Å². The molecule has 0 spiro atoms. The van der Waals surface area contributed by atoms with Gasteiger partial charge in [0.1, 0.15) is 4.21 Å². The second kappa shape index (κ2) is 8.22. The third-order valence-electron chi connectivity index (χ3n) is 4.44. The van der Waals surface area contributed by atoms with E-state index in [9.17, 15) is 26.4 Å². The number of piperidine rings is 1. The van der Waals surface area contributed by atoms with Crippen molar-refractivity contribution >= 4 is 27.3 Å². The number of sulfonamides is 1. The number of carbonyl (C=O) groups is 1. The molecule has 1 N–H and O–H groups in total. The minimum Gasteiger partial charge on any atom is -0.347 e. The van der Waals surface area contributed by atoms with Crippen molar-refractivity contribution < 1.29 is 26.4 Å². The van der Waals surface area contributed by atoms with E-state index >= 15 is 0 Å². The molecular weight excluding hydrogens is 413 g/mol. The number of nitrogens with one attached hydrogen (secondary N) is 1. The van der Waals surface area contributed by atoms with Crippen molar-refractivity contribution in [1.82, 2.24) is 9.62 Å². The number of thiophene rings is 1. The standard InChI is InChI=1S/C18H19F3N2O3S2/c19-18(20,21)14-6-4-13(5-7-14)17(24)22-12-15-8-9-16(27-15)28(25,26)23-10-2-1-3-11-23/h4-9H,1-3,10-12H2,(H,22,24). The van der Waals surface area contributed by atoms with E-state index in [1.807, 2.05) is 0 Å². The lowest BCUT2D eigenvalue weighted by Crippen LogP contribution is -2.35. The third-order valence-corrected chi connectivity index (χ3v) is 7.90. The van der Waals surface area contributed by atoms with Gasteiger partial charge in [0.25, 0.3) is 15.9 Å². The van der Waals surface area contributed by atoms with Crippen LogP contribution in [0, 0.1) is 0 Å². The number of rotatable bonds is 5. The maximum Gasteiger partial charge on any atom is 0.416 e. The van der Waals surface area contributed by atoms with E-state index in [1.165, 1.54) is 10.4 Å². The number of amides is 1. The molecule has 1 aromatic heterocycles. The van der Waals surface area contributed by atoms with E-state index in [0.29, 0.717) is 18.0 Å². The van der Waals surface area contributed by atoms with E-state index in [0.717, 1.165) is 54.9 Å². The number of alkyl halides is 3. The number of hydrogen-bond acceptors (Lipinski definition) is 4. The largest absolute Gasteiger partial charge is 0.416 e. The van der Waals surface area contributed by atoms with Crippen LogP contribution in [-0.4, -0.2) is 31.7 Å². The molecule has 1 aliphatic heterocycles. The fraction of sp³-hybridized carbons (Fsp3) is 0.389. The van der Waals surface area contributed by atoms with Crippen LogP contribution in [0.2, 0.25) is 0 Å². The van der Waals surface area contributed by atoms with Crippen molar-refractivity contribution in [2.75, 3.05) is 13.1 Å². The Kier molecular flexibility index (Phi) is 6.11. The van der Waals surface area contributed by atoms with E-state index in [4.69, 9.17) is 0 Å². The zero-order chi connectivity index (χ0) is 20.4. The second-order valence-corrected chi connectivity index (χ2v) is 9.78. The second-order valence-electron chi connectivity index (χ2n) is 6.44. The van der Waals surface area contributed by atoms with Gasteiger partial charge in [-0.1, -0.05) is 6.42 Å². The Balaban J connectivity index is 1.62. The number of benzene rings is 1. The summed E-state index contributed by atoms with van der Waals surface area (Å²) in [6.45, 7) is 1.13. The Bertz CT molecular complexity index is 932. The molecule has 3 rings (SSSR count). The van der Waals surface area contributed by atoms with Gasteiger partial charge in [0, 0.05) is 23.5 Å². The van der Waals surface area contributed by atoms with Gasteiger partial charge < -0.3 is 5.32 Å². The number of hydrogen-bond donors (Lipinski definition) is 1. The molecule has 0 aliphatic carbocycles. The molecule has 2 heterocycles. The Morgan fingerprint density at radius 2 is 1.68 bits per heavy atom. The van der Waals surface area contributed by atoms with Gasteiger partial charge in [-0.05, 0) is 49.2 Å². The van der Waals surface area contributed by atoms with E-state index in [2.05, 4.69) is 5.32 Å². The first kappa shape index (κ1) is 20.8. The van der Waals surface area contributed by atoms with Crippen molar-refractivity contribution in [3.8, 4) is 0 Å². The Labute approximate surface area is 165 Å². The third kappa shape index (κ3) is 4.73. The van der Waals surface area contributed by atoms with Crippen LogP contribution in [0.3, 0.4) is 0 Å². The van der Waals surface area contributed by atoms with E-state index < -0.39 is 27.7 Å². The van der Waals surface area contributed by atoms with Crippen LogP contribution in [0.25, 0.3) is 0 Å². The minimum absolute atomic E-state index is 0.0973. The number of nitrogens with zero attached hydrogens (tertiary/aromatic N) is 1. The monoisotopic (exact) mass is 432 g/mol. The molecule has 1 aromatic carbocycles. The van der Waals surface area contributed by atoms with Gasteiger partial charge >= 0.3 is 6.18 Å². The highest BCUT2D eigenvalue weighted by atomic mass is 32.2. The molecule has 1 saturated heterocycles. The summed E-state index contributed by atoms with van der Waals surface area (Å²) in [7, 11) is -3.52. The summed E-state index contributed by atoms with van der Waals surface area (Å²) in [4.78, 5) is 12.8. The van der Waals surface area contributed by atoms with Crippen LogP contribution in [0.1, 0.15) is 40.1 Å². The van der Waals surface area contributed by atoms with Gasteiger partial charge in [-0.25, -0.2) is 8.42 Å². The molecule has 1 fully saturated rings. The van der Waals surface area contributed by atoms with Crippen molar-refractivity contribution in [2.24, 2.45) is 0 Å². The maximum atomic E-state index is 12.6. The van der Waals surface area contributed by atoms with Crippen LogP contribution in [-0.2, 0) is 22.7 Å². The highest BCUT2D eigenvalue weighted by molar-refractivity contribution is 7.91. The summed E-state index contributed by atoms with van der Waals surface area (Å²) >= 11 is 1.08. The molecule has 10 heteroatoms. The van der Waals surface area contributed by atoms with Crippen molar-refractivity contribution in [1.29, 1.82) is 0 Å². The molecule has 1 amide bonds. The molecule has 2 aromatic rings. The highest BCUT2D eigenvalue weighted by Gasteiger charge is 2.30. The van der Waals surface area contributed by atoms with Crippen LogP contribution in [0.5, 0.6) is 0 Å². The topological polar surface area (TPSA) is 66.5 Å². The van der Waals surface area contributed by atoms with Gasteiger partial charge in [0.2, 0.25) is 0 Å². The van der Waals surface area contributed by atoms with Crippen molar-refractivity contribution in [2.45, 2.75) is 36.2 Å². The fourth-order valence-electron chi connectivity index (χ4n) is 2.90. The summed E-state index contributed by atoms with van der Waals surface area (Å²) in [5.41, 5.74) is -0.722. The molecule has 5 nitrogen and oxygen atoms in total. The molecule has 0 atom stereocenters. The minimum atomic E-state index is -4.46. The smallest absolute Gasteiger partial charge is 0.347 e. The number of carbonyl (C=O) groups excluding carboxylic acids is 1. The Hall–Kier alpha value is -1.91. The molecule has 152 valence electrons. The predicted octanol–water partition coefficient (Wildman–Crippen LogP) is 3.87. The highest BCUT2D eigenvalue weighted by Crippen LogP contribution is 2.29. The summed E-state index contributed by atoms with van der Waals surface area (Å²) < 4.78 is 64.7. The summed E-state index contributed by atoms with van der Waals surface area (Å²) in [6.07, 6.45) is -1.73. The Morgan fingerprint density at radius 1 is 1.04 bits per heavy atom. The average Bonchev–Trinajstić information content (AvgIpc) is 3.16. The van der Waals surface area contributed by atoms with Crippen LogP contribution in [0.15, 0.2) is 40.6 Å². The molecule has 0 bridgehead atoms. The molecule has 0 unspecified atom stereocenters. The fourth-order valence-corrected chi connectivity index (χ4v) is 5.87. The lowest BCUT2D eigenvalue weighted by Gasteiger charge is -2.25. The molecule has 1 aliphatic rings. The zero-order valence-electron chi connectivity index (χ0n) is 14.8. The van der Waals surface area contributed by atoms with Crippen LogP contribution in [0.4, 0.5) is 13.2 Å². The lowest BCUT2D eigenvalue weighted by molar-refractivity contribution is -0.137. The van der Waals surface area contributed by atoms with Gasteiger partial charge in [-0.15, -0.1) is 11.3 Å². The van der Waals surface area contributed by atoms with E-state index in [-0.39, 0.29) is 16.3 Å². The molecule has 0 saturated carbocycles. The first-order chi connectivity index (χ1) is 13.2. The maximum absolute atomic E-state index is 12.6. The molecule has 28 heavy (non-hydrogen) atoms. The average molecular weight is 432 g/mol. The van der Waals surface area contributed by atoms with E-state index in [1.54, 1.807) is 6.07 Å². The zero-order valence-corrected chi connectivity index (χ0v) is 16.5. The van der Waals surface area contributed by atoms with Gasteiger partial charge in [0.15, 0.2) is 0 Å². The first-order valence-corrected chi connectivity index (χ1v) is 11.0. The number of halogens is 3. The predicted molar refractivity (Wildman–Crippen MR) is 99.5 cm³/mol. The van der Waals surface area contributed by atoms with Crippen LogP contribution >= 0.6 is 11.3 Å². The Morgan fingerprint density at radius 3 is 2.29 bits per heavy atom. The summed E-state index contributed by atoms with van der Waals surface area (Å²) in [5, 5.41) is 2.60. The molecular formula is C18H19F3N2O3S2. The normalized spacial score (nSPS) is 16.1. The van der Waals surface area contributed by atoms with Gasteiger partial charge in [-0.2, -0.15) is 17.5 Å². The SMILES string of the molecule is O=C(NCc1ccc(S(=O)(=O)N2CCCCC2)s1)c1ccc(C(F)(F)F)cc1. The summed E-state index contributed by atoms with van der Waals surface area (Å²) in [6, 6.07) is 7.08. The van der Waals surface area contributed by atoms with Crippen molar-refractivity contribution in [3.05, 3.63) is 52.4 Å². The van der Waals surface area contributed by atoms with Crippen molar-refractivity contribution in [3.63, 3.8) is 0 Å². The quantitative estimate of drug-likeness (QED) is 0.780. The lowest BCUT2D eigenvalue weighted by atomic mass is 10.1. The molecule has 0 radical (unpaired) electrons. The first-order valence-electron chi connectivity index (χ1n) is 8.72. The summed E-state index contributed by atoms with van der Waals surface area (Å²) in [5.74, 6) is -0.525.